The van der Waals surface area contributed by atoms with Crippen molar-refractivity contribution >= 4 is 17.7 Å². The van der Waals surface area contributed by atoms with Crippen LogP contribution in [0.5, 0.6) is 5.75 Å². The molecule has 0 spiro atoms. The Morgan fingerprint density at radius 2 is 2.21 bits per heavy atom. The van der Waals surface area contributed by atoms with E-state index in [1.54, 1.807) is 11.8 Å². The number of nitrogens with zero attached hydrogens (tertiary/aromatic N) is 1. The molecule has 0 saturated heterocycles. The molecule has 1 aliphatic carbocycles. The number of ether oxygens (including phenoxy) is 1. The summed E-state index contributed by atoms with van der Waals surface area (Å²) in [5, 5.41) is 2.99. The van der Waals surface area contributed by atoms with Crippen LogP contribution in [0.25, 0.3) is 11.5 Å². The van der Waals surface area contributed by atoms with Crippen LogP contribution in [0.2, 0.25) is 0 Å². The quantitative estimate of drug-likeness (QED) is 0.792. The van der Waals surface area contributed by atoms with Gasteiger partial charge in [0.25, 0.3) is 0 Å². The van der Waals surface area contributed by atoms with Gasteiger partial charge >= 0.3 is 0 Å². The zero-order valence-electron chi connectivity index (χ0n) is 14.0. The third-order valence-corrected chi connectivity index (χ3v) is 4.67. The molecule has 1 heterocycles. The topological polar surface area (TPSA) is 64.4 Å². The largest absolute Gasteiger partial charge is 0.493 e. The second-order valence-electron chi connectivity index (χ2n) is 5.79. The summed E-state index contributed by atoms with van der Waals surface area (Å²) >= 11 is 1.56. The molecule has 0 atom stereocenters. The van der Waals surface area contributed by atoms with Crippen LogP contribution in [0.1, 0.15) is 31.2 Å². The molecule has 6 heteroatoms. The first-order valence-corrected chi connectivity index (χ1v) is 9.38. The maximum Gasteiger partial charge on any atom is 0.230 e. The molecular weight excluding hydrogens is 324 g/mol. The summed E-state index contributed by atoms with van der Waals surface area (Å²) in [6.45, 7) is 4.45. The number of hydrogen-bond acceptors (Lipinski definition) is 5. The van der Waals surface area contributed by atoms with Crippen molar-refractivity contribution in [3.05, 3.63) is 35.7 Å². The Morgan fingerprint density at radius 3 is 2.96 bits per heavy atom. The molecule has 1 N–H and O–H groups in total. The predicted molar refractivity (Wildman–Crippen MR) is 95.2 cm³/mol. The van der Waals surface area contributed by atoms with E-state index in [4.69, 9.17) is 9.15 Å². The molecule has 5 nitrogen and oxygen atoms in total. The van der Waals surface area contributed by atoms with E-state index in [9.17, 15) is 4.79 Å². The van der Waals surface area contributed by atoms with Gasteiger partial charge in [-0.05, 0) is 38.8 Å². The summed E-state index contributed by atoms with van der Waals surface area (Å²) in [5.74, 6) is 3.33. The van der Waals surface area contributed by atoms with Gasteiger partial charge in [0, 0.05) is 11.8 Å². The first-order valence-electron chi connectivity index (χ1n) is 8.23. The lowest BCUT2D eigenvalue weighted by atomic mass is 10.2. The van der Waals surface area contributed by atoms with Gasteiger partial charge in [-0.15, -0.1) is 11.8 Å². The first-order chi connectivity index (χ1) is 11.7. The highest BCUT2D eigenvalue weighted by atomic mass is 32.2. The van der Waals surface area contributed by atoms with E-state index in [1.165, 1.54) is 0 Å². The molecule has 1 aromatic heterocycles. The number of amides is 1. The summed E-state index contributed by atoms with van der Waals surface area (Å²) < 4.78 is 11.5. The minimum atomic E-state index is 0.102. The number of carbonyl (C=O) groups is 1. The molecule has 1 saturated carbocycles. The summed E-state index contributed by atoms with van der Waals surface area (Å²) in [5.41, 5.74) is 1.73. The lowest BCUT2D eigenvalue weighted by Crippen LogP contribution is -2.27. The standard InChI is InChI=1S/C18H22N2O3S/c1-3-22-16-7-5-4-6-14(16)18-20-15(12(2)23-18)10-24-11-17(21)19-13-8-9-13/h4-7,13H,3,8-11H2,1-2H3,(H,19,21). The monoisotopic (exact) mass is 346 g/mol. The van der Waals surface area contributed by atoms with Crippen LogP contribution >= 0.6 is 11.8 Å². The van der Waals surface area contributed by atoms with Gasteiger partial charge in [0.05, 0.1) is 23.6 Å². The molecule has 1 fully saturated rings. The Kier molecular flexibility index (Phi) is 5.45. The van der Waals surface area contributed by atoms with Crippen LogP contribution in [-0.2, 0) is 10.5 Å². The van der Waals surface area contributed by atoms with Crippen molar-refractivity contribution in [3.8, 4) is 17.2 Å². The van der Waals surface area contributed by atoms with E-state index < -0.39 is 0 Å². The summed E-state index contributed by atoms with van der Waals surface area (Å²) in [4.78, 5) is 16.3. The second-order valence-corrected chi connectivity index (χ2v) is 6.77. The number of nitrogens with one attached hydrogen (secondary N) is 1. The molecule has 1 aromatic carbocycles. The third-order valence-electron chi connectivity index (χ3n) is 3.72. The van der Waals surface area contributed by atoms with Gasteiger partial charge in [0.1, 0.15) is 11.5 Å². The van der Waals surface area contributed by atoms with Crippen LogP contribution in [0.4, 0.5) is 0 Å². The number of aromatic nitrogens is 1. The minimum Gasteiger partial charge on any atom is -0.493 e. The molecule has 1 aliphatic rings. The van der Waals surface area contributed by atoms with E-state index in [0.717, 1.165) is 35.6 Å². The lowest BCUT2D eigenvalue weighted by molar-refractivity contribution is -0.118. The van der Waals surface area contributed by atoms with Crippen molar-refractivity contribution in [3.63, 3.8) is 0 Å². The Balaban J connectivity index is 1.63. The van der Waals surface area contributed by atoms with E-state index >= 15 is 0 Å². The van der Waals surface area contributed by atoms with Gasteiger partial charge in [-0.1, -0.05) is 12.1 Å². The molecule has 0 radical (unpaired) electrons. The summed E-state index contributed by atoms with van der Waals surface area (Å²) in [6, 6.07) is 8.13. The van der Waals surface area contributed by atoms with Gasteiger partial charge in [-0.3, -0.25) is 4.79 Å². The Labute approximate surface area is 146 Å². The highest BCUT2D eigenvalue weighted by Crippen LogP contribution is 2.31. The third kappa shape index (κ3) is 4.32. The fourth-order valence-electron chi connectivity index (χ4n) is 2.34. The van der Waals surface area contributed by atoms with Crippen LogP contribution in [-0.4, -0.2) is 29.3 Å². The van der Waals surface area contributed by atoms with E-state index in [0.29, 0.717) is 30.0 Å². The van der Waals surface area contributed by atoms with Crippen molar-refractivity contribution in [2.45, 2.75) is 38.5 Å². The first kappa shape index (κ1) is 16.9. The number of benzene rings is 1. The van der Waals surface area contributed by atoms with Gasteiger partial charge in [-0.2, -0.15) is 0 Å². The molecule has 0 bridgehead atoms. The van der Waals surface area contributed by atoms with Crippen molar-refractivity contribution in [1.29, 1.82) is 0 Å². The number of carbonyl (C=O) groups excluding carboxylic acids is 1. The molecule has 0 aliphatic heterocycles. The number of oxazole rings is 1. The lowest BCUT2D eigenvalue weighted by Gasteiger charge is -2.06. The molecule has 3 rings (SSSR count). The number of aryl methyl sites for hydroxylation is 1. The minimum absolute atomic E-state index is 0.102. The smallest absolute Gasteiger partial charge is 0.230 e. The average Bonchev–Trinajstić information content (AvgIpc) is 3.30. The van der Waals surface area contributed by atoms with Crippen molar-refractivity contribution in [2.24, 2.45) is 0 Å². The average molecular weight is 346 g/mol. The predicted octanol–water partition coefficient (Wildman–Crippen LogP) is 3.56. The number of thioether (sulfide) groups is 1. The van der Waals surface area contributed by atoms with Crippen molar-refractivity contribution in [1.82, 2.24) is 10.3 Å². The van der Waals surface area contributed by atoms with Crippen LogP contribution < -0.4 is 10.1 Å². The Hall–Kier alpha value is -1.95. The maximum absolute atomic E-state index is 11.7. The van der Waals surface area contributed by atoms with Gasteiger partial charge in [0.15, 0.2) is 0 Å². The molecule has 2 aromatic rings. The summed E-state index contributed by atoms with van der Waals surface area (Å²) in [6.07, 6.45) is 2.23. The van der Waals surface area contributed by atoms with Crippen LogP contribution in [0.15, 0.2) is 28.7 Å². The normalized spacial score (nSPS) is 13.8. The van der Waals surface area contributed by atoms with E-state index in [1.807, 2.05) is 38.1 Å². The number of rotatable bonds is 8. The zero-order chi connectivity index (χ0) is 16.9. The second kappa shape index (κ2) is 7.75. The SMILES string of the molecule is CCOc1ccccc1-c1nc(CSCC(=O)NC2CC2)c(C)o1. The van der Waals surface area contributed by atoms with Crippen molar-refractivity contribution < 1.29 is 13.9 Å². The molecular formula is C18H22N2O3S. The maximum atomic E-state index is 11.7. The number of hydrogen-bond donors (Lipinski definition) is 1. The highest BCUT2D eigenvalue weighted by molar-refractivity contribution is 7.99. The molecule has 0 unspecified atom stereocenters. The van der Waals surface area contributed by atoms with E-state index in [-0.39, 0.29) is 5.91 Å². The fourth-order valence-corrected chi connectivity index (χ4v) is 3.17. The molecule has 128 valence electrons. The van der Waals surface area contributed by atoms with Crippen LogP contribution in [0, 0.1) is 6.92 Å². The van der Waals surface area contributed by atoms with Crippen molar-refractivity contribution in [2.75, 3.05) is 12.4 Å². The Morgan fingerprint density at radius 1 is 1.42 bits per heavy atom. The van der Waals surface area contributed by atoms with Gasteiger partial charge in [0.2, 0.25) is 11.8 Å². The summed E-state index contributed by atoms with van der Waals surface area (Å²) in [7, 11) is 0. The van der Waals surface area contributed by atoms with E-state index in [2.05, 4.69) is 10.3 Å². The molecule has 24 heavy (non-hydrogen) atoms. The number of para-hydroxylation sites is 1. The molecule has 1 amide bonds. The Bertz CT molecular complexity index is 710. The van der Waals surface area contributed by atoms with Gasteiger partial charge in [-0.25, -0.2) is 4.98 Å². The highest BCUT2D eigenvalue weighted by Gasteiger charge is 2.23. The fraction of sp³-hybridized carbons (Fsp3) is 0.444. The van der Waals surface area contributed by atoms with Crippen LogP contribution in [0.3, 0.4) is 0 Å². The van der Waals surface area contributed by atoms with Gasteiger partial charge < -0.3 is 14.5 Å². The zero-order valence-corrected chi connectivity index (χ0v) is 14.8.